The van der Waals surface area contributed by atoms with Gasteiger partial charge in [-0.3, -0.25) is 10.1 Å². The number of hydrogen-bond donors (Lipinski definition) is 1. The van der Waals surface area contributed by atoms with E-state index in [0.29, 0.717) is 11.3 Å². The highest BCUT2D eigenvalue weighted by Gasteiger charge is 2.12. The molecule has 21 heavy (non-hydrogen) atoms. The van der Waals surface area contributed by atoms with Gasteiger partial charge in [-0.05, 0) is 23.8 Å². The van der Waals surface area contributed by atoms with Gasteiger partial charge in [0.25, 0.3) is 5.69 Å². The first-order valence-electron chi connectivity index (χ1n) is 5.86. The first-order valence-corrected chi connectivity index (χ1v) is 6.24. The number of carboxylic acids is 1. The molecule has 6 nitrogen and oxygen atoms in total. The fourth-order valence-corrected chi connectivity index (χ4v) is 1.93. The Hall–Kier alpha value is -2.60. The van der Waals surface area contributed by atoms with Gasteiger partial charge in [-0.15, -0.1) is 0 Å². The summed E-state index contributed by atoms with van der Waals surface area (Å²) in [6.07, 6.45) is 0. The van der Waals surface area contributed by atoms with Gasteiger partial charge in [-0.25, -0.2) is 4.79 Å². The molecule has 7 heteroatoms. The van der Waals surface area contributed by atoms with E-state index < -0.39 is 10.9 Å². The highest BCUT2D eigenvalue weighted by molar-refractivity contribution is 6.32. The van der Waals surface area contributed by atoms with Crippen LogP contribution in [0.3, 0.4) is 0 Å². The van der Waals surface area contributed by atoms with E-state index in [-0.39, 0.29) is 22.9 Å². The smallest absolute Gasteiger partial charge is 0.335 e. The third-order valence-corrected chi connectivity index (χ3v) is 3.00. The number of halogens is 1. The van der Waals surface area contributed by atoms with E-state index in [1.165, 1.54) is 30.3 Å². The fourth-order valence-electron chi connectivity index (χ4n) is 1.69. The van der Waals surface area contributed by atoms with Crippen LogP contribution in [0.1, 0.15) is 15.9 Å². The van der Waals surface area contributed by atoms with Crippen LogP contribution in [0, 0.1) is 10.1 Å². The molecule has 0 saturated heterocycles. The van der Waals surface area contributed by atoms with Crippen LogP contribution < -0.4 is 4.74 Å². The molecule has 0 unspecified atom stereocenters. The maximum Gasteiger partial charge on any atom is 0.335 e. The Morgan fingerprint density at radius 2 is 2.05 bits per heavy atom. The molecule has 1 N–H and O–H groups in total. The van der Waals surface area contributed by atoms with Gasteiger partial charge in [-0.2, -0.15) is 0 Å². The summed E-state index contributed by atoms with van der Waals surface area (Å²) in [4.78, 5) is 20.9. The number of benzene rings is 2. The zero-order valence-corrected chi connectivity index (χ0v) is 11.4. The first kappa shape index (κ1) is 14.8. The number of ether oxygens (including phenoxy) is 1. The van der Waals surface area contributed by atoms with Gasteiger partial charge in [0.15, 0.2) is 0 Å². The average Bonchev–Trinajstić information content (AvgIpc) is 2.45. The van der Waals surface area contributed by atoms with E-state index in [2.05, 4.69) is 0 Å². The molecular weight excluding hydrogens is 298 g/mol. The second-order valence-corrected chi connectivity index (χ2v) is 4.57. The van der Waals surface area contributed by atoms with Crippen LogP contribution in [0.25, 0.3) is 0 Å². The Balaban J connectivity index is 2.10. The molecule has 0 atom stereocenters. The SMILES string of the molecule is O=C(O)c1cccc(COc2ccc([N+](=O)[O-])c(Cl)c2)c1. The zero-order valence-electron chi connectivity index (χ0n) is 10.7. The van der Waals surface area contributed by atoms with Gasteiger partial charge < -0.3 is 9.84 Å². The molecule has 0 fully saturated rings. The molecular formula is C14H10ClNO5. The molecule has 0 aliphatic rings. The van der Waals surface area contributed by atoms with Crippen molar-refractivity contribution in [3.05, 3.63) is 68.7 Å². The molecule has 108 valence electrons. The normalized spacial score (nSPS) is 10.1. The summed E-state index contributed by atoms with van der Waals surface area (Å²) in [5.41, 5.74) is 0.638. The molecule has 0 radical (unpaired) electrons. The fraction of sp³-hybridized carbons (Fsp3) is 0.0714. The Morgan fingerprint density at radius 3 is 2.67 bits per heavy atom. The van der Waals surface area contributed by atoms with Crippen LogP contribution in [-0.4, -0.2) is 16.0 Å². The lowest BCUT2D eigenvalue weighted by atomic mass is 10.1. The number of hydrogen-bond acceptors (Lipinski definition) is 4. The van der Waals surface area contributed by atoms with Crippen molar-refractivity contribution < 1.29 is 19.6 Å². The van der Waals surface area contributed by atoms with Crippen molar-refractivity contribution in [2.45, 2.75) is 6.61 Å². The van der Waals surface area contributed by atoms with Crippen molar-refractivity contribution in [2.75, 3.05) is 0 Å². The van der Waals surface area contributed by atoms with Crippen LogP contribution in [0.5, 0.6) is 5.75 Å². The quantitative estimate of drug-likeness (QED) is 0.674. The van der Waals surface area contributed by atoms with Crippen molar-refractivity contribution in [1.29, 1.82) is 0 Å². The largest absolute Gasteiger partial charge is 0.489 e. The summed E-state index contributed by atoms with van der Waals surface area (Å²) in [6.45, 7) is 0.134. The van der Waals surface area contributed by atoms with Gasteiger partial charge in [0.05, 0.1) is 10.5 Å². The number of rotatable bonds is 5. The molecule has 2 aromatic rings. The van der Waals surface area contributed by atoms with Crippen LogP contribution in [-0.2, 0) is 6.61 Å². The molecule has 0 aliphatic heterocycles. The number of nitrogens with zero attached hydrogens (tertiary/aromatic N) is 1. The first-order chi connectivity index (χ1) is 9.97. The molecule has 0 aromatic heterocycles. The van der Waals surface area contributed by atoms with Gasteiger partial charge in [0.1, 0.15) is 17.4 Å². The van der Waals surface area contributed by atoms with Crippen LogP contribution in [0.15, 0.2) is 42.5 Å². The van der Waals surface area contributed by atoms with Crippen molar-refractivity contribution in [3.63, 3.8) is 0 Å². The number of aromatic carboxylic acids is 1. The summed E-state index contributed by atoms with van der Waals surface area (Å²) in [5.74, 6) is -0.651. The predicted molar refractivity (Wildman–Crippen MR) is 75.8 cm³/mol. The van der Waals surface area contributed by atoms with Crippen LogP contribution >= 0.6 is 11.6 Å². The molecule has 0 bridgehead atoms. The van der Waals surface area contributed by atoms with E-state index in [9.17, 15) is 14.9 Å². The van der Waals surface area contributed by atoms with E-state index >= 15 is 0 Å². The zero-order chi connectivity index (χ0) is 15.4. The van der Waals surface area contributed by atoms with Gasteiger partial charge >= 0.3 is 5.97 Å². The molecule has 0 aliphatic carbocycles. The maximum absolute atomic E-state index is 10.9. The predicted octanol–water partition coefficient (Wildman–Crippen LogP) is 3.53. The van der Waals surface area contributed by atoms with Crippen molar-refractivity contribution in [1.82, 2.24) is 0 Å². The van der Waals surface area contributed by atoms with Crippen molar-refractivity contribution in [3.8, 4) is 5.75 Å². The molecule has 0 heterocycles. The second-order valence-electron chi connectivity index (χ2n) is 4.16. The summed E-state index contributed by atoms with van der Waals surface area (Å²) in [5, 5.41) is 19.5. The summed E-state index contributed by atoms with van der Waals surface area (Å²) < 4.78 is 5.44. The summed E-state index contributed by atoms with van der Waals surface area (Å²) in [6, 6.07) is 10.4. The van der Waals surface area contributed by atoms with E-state index in [1.807, 2.05) is 0 Å². The third-order valence-electron chi connectivity index (χ3n) is 2.70. The van der Waals surface area contributed by atoms with Gasteiger partial charge in [0.2, 0.25) is 0 Å². The average molecular weight is 308 g/mol. The Morgan fingerprint density at radius 1 is 1.29 bits per heavy atom. The Kier molecular flexibility index (Phi) is 4.39. The van der Waals surface area contributed by atoms with E-state index in [1.54, 1.807) is 12.1 Å². The number of nitro benzene ring substituents is 1. The standard InChI is InChI=1S/C14H10ClNO5/c15-12-7-11(4-5-13(12)16(19)20)21-8-9-2-1-3-10(6-9)14(17)18/h1-7H,8H2,(H,17,18). The minimum atomic E-state index is -1.02. The van der Waals surface area contributed by atoms with Crippen LogP contribution in [0.2, 0.25) is 5.02 Å². The molecule has 0 amide bonds. The molecule has 2 rings (SSSR count). The lowest BCUT2D eigenvalue weighted by Gasteiger charge is -2.07. The van der Waals surface area contributed by atoms with Crippen molar-refractivity contribution >= 4 is 23.3 Å². The Bertz CT molecular complexity index is 702. The lowest BCUT2D eigenvalue weighted by Crippen LogP contribution is -2.00. The van der Waals surface area contributed by atoms with E-state index in [4.69, 9.17) is 21.4 Å². The van der Waals surface area contributed by atoms with Gasteiger partial charge in [-0.1, -0.05) is 23.7 Å². The number of nitro groups is 1. The highest BCUT2D eigenvalue weighted by atomic mass is 35.5. The highest BCUT2D eigenvalue weighted by Crippen LogP contribution is 2.28. The van der Waals surface area contributed by atoms with Crippen molar-refractivity contribution in [2.24, 2.45) is 0 Å². The minimum Gasteiger partial charge on any atom is -0.489 e. The van der Waals surface area contributed by atoms with Crippen LogP contribution in [0.4, 0.5) is 5.69 Å². The molecule has 0 spiro atoms. The van der Waals surface area contributed by atoms with E-state index in [0.717, 1.165) is 0 Å². The minimum absolute atomic E-state index is 0.0169. The summed E-state index contributed by atoms with van der Waals surface area (Å²) in [7, 11) is 0. The third kappa shape index (κ3) is 3.70. The maximum atomic E-state index is 10.9. The summed E-state index contributed by atoms with van der Waals surface area (Å²) >= 11 is 5.77. The monoisotopic (exact) mass is 307 g/mol. The molecule has 0 saturated carbocycles. The topological polar surface area (TPSA) is 89.7 Å². The second kappa shape index (κ2) is 6.23. The number of carboxylic acid groups (broad SMARTS) is 1. The number of carbonyl (C=O) groups is 1. The molecule has 2 aromatic carbocycles. The lowest BCUT2D eigenvalue weighted by molar-refractivity contribution is -0.384. The Labute approximate surface area is 124 Å². The van der Waals surface area contributed by atoms with Gasteiger partial charge in [0, 0.05) is 12.1 Å².